The maximum absolute atomic E-state index is 13.4. The number of rotatable bonds is 12. The lowest BCUT2D eigenvalue weighted by atomic mass is 10.0. The zero-order valence-electron chi connectivity index (χ0n) is 21.9. The van der Waals surface area contributed by atoms with Crippen LogP contribution in [0.25, 0.3) is 0 Å². The highest BCUT2D eigenvalue weighted by Crippen LogP contribution is 2.45. The van der Waals surface area contributed by atoms with Crippen molar-refractivity contribution in [1.29, 1.82) is 0 Å². The van der Waals surface area contributed by atoms with Crippen LogP contribution in [0.3, 0.4) is 0 Å². The van der Waals surface area contributed by atoms with Gasteiger partial charge in [0.2, 0.25) is 5.75 Å². The third kappa shape index (κ3) is 6.67. The van der Waals surface area contributed by atoms with Gasteiger partial charge in [-0.25, -0.2) is 0 Å². The number of unbranched alkanes of at least 4 members (excludes halogenated alkanes) is 1. The summed E-state index contributed by atoms with van der Waals surface area (Å²) in [6.45, 7) is 5.22. The molecule has 3 rings (SSSR count). The summed E-state index contributed by atoms with van der Waals surface area (Å²) in [5, 5.41) is 2.86. The molecule has 9 nitrogen and oxygen atoms in total. The second kappa shape index (κ2) is 13.1. The fourth-order valence-electron chi connectivity index (χ4n) is 4.26. The Morgan fingerprint density at radius 2 is 1.53 bits per heavy atom. The Hall–Kier alpha value is -3.30. The Labute approximate surface area is 213 Å². The molecule has 0 bridgehead atoms. The van der Waals surface area contributed by atoms with E-state index in [4.69, 9.17) is 18.9 Å². The Kier molecular flexibility index (Phi) is 9.95. The van der Waals surface area contributed by atoms with Crippen molar-refractivity contribution in [2.75, 3.05) is 73.5 Å². The Morgan fingerprint density at radius 1 is 0.861 bits per heavy atom. The predicted octanol–water partition coefficient (Wildman–Crippen LogP) is 3.57. The van der Waals surface area contributed by atoms with Gasteiger partial charge in [-0.15, -0.1) is 0 Å². The lowest BCUT2D eigenvalue weighted by Gasteiger charge is -2.32. The van der Waals surface area contributed by atoms with Crippen LogP contribution in [-0.2, 0) is 0 Å². The minimum atomic E-state index is -0.382. The van der Waals surface area contributed by atoms with E-state index in [-0.39, 0.29) is 23.1 Å². The molecular weight excluding hydrogens is 462 g/mol. The molecule has 1 N–H and O–H groups in total. The van der Waals surface area contributed by atoms with E-state index in [9.17, 15) is 9.59 Å². The van der Waals surface area contributed by atoms with Gasteiger partial charge < -0.3 is 34.1 Å². The SMILES string of the molecule is COc1ccc(C(=O)Nc2c(C(=O)CCCCN3CCN(C)CC3)cc(OC)c(OC)c2OC)cc1. The summed E-state index contributed by atoms with van der Waals surface area (Å²) in [6.07, 6.45) is 2.01. The molecule has 1 fully saturated rings. The molecule has 196 valence electrons. The largest absolute Gasteiger partial charge is 0.497 e. The Morgan fingerprint density at radius 3 is 2.11 bits per heavy atom. The van der Waals surface area contributed by atoms with Gasteiger partial charge in [-0.2, -0.15) is 0 Å². The third-order valence-corrected chi connectivity index (χ3v) is 6.45. The van der Waals surface area contributed by atoms with Crippen molar-refractivity contribution in [2.24, 2.45) is 0 Å². The van der Waals surface area contributed by atoms with Crippen LogP contribution >= 0.6 is 0 Å². The molecule has 0 unspecified atom stereocenters. The number of Topliss-reactive ketones (excluding diaryl/α,β-unsaturated/α-hetero) is 1. The summed E-state index contributed by atoms with van der Waals surface area (Å²) in [6, 6.07) is 8.32. The highest BCUT2D eigenvalue weighted by atomic mass is 16.5. The number of ether oxygens (including phenoxy) is 4. The minimum Gasteiger partial charge on any atom is -0.497 e. The second-order valence-electron chi connectivity index (χ2n) is 8.78. The smallest absolute Gasteiger partial charge is 0.255 e. The summed E-state index contributed by atoms with van der Waals surface area (Å²) in [5.74, 6) is 1.06. The van der Waals surface area contributed by atoms with Gasteiger partial charge in [-0.3, -0.25) is 9.59 Å². The first-order valence-electron chi connectivity index (χ1n) is 12.1. The van der Waals surface area contributed by atoms with Gasteiger partial charge in [0.1, 0.15) is 5.75 Å². The molecule has 0 spiro atoms. The molecule has 0 radical (unpaired) electrons. The van der Waals surface area contributed by atoms with Crippen LogP contribution in [0.5, 0.6) is 23.0 Å². The van der Waals surface area contributed by atoms with Crippen molar-refractivity contribution in [3.05, 3.63) is 41.5 Å². The van der Waals surface area contributed by atoms with E-state index in [0.717, 1.165) is 45.6 Å². The maximum atomic E-state index is 13.4. The fourth-order valence-corrected chi connectivity index (χ4v) is 4.26. The van der Waals surface area contributed by atoms with Crippen molar-refractivity contribution >= 4 is 17.4 Å². The highest BCUT2D eigenvalue weighted by Gasteiger charge is 2.26. The number of carbonyl (C=O) groups is 2. The number of piperazine rings is 1. The number of carbonyl (C=O) groups excluding carboxylic acids is 2. The van der Waals surface area contributed by atoms with Gasteiger partial charge in [-0.1, -0.05) is 0 Å². The Bertz CT molecular complexity index is 1030. The summed E-state index contributed by atoms with van der Waals surface area (Å²) in [4.78, 5) is 31.2. The zero-order valence-corrected chi connectivity index (χ0v) is 21.9. The number of anilines is 1. The fraction of sp³-hybridized carbons (Fsp3) is 0.481. The topological polar surface area (TPSA) is 89.6 Å². The molecule has 36 heavy (non-hydrogen) atoms. The number of amides is 1. The summed E-state index contributed by atoms with van der Waals surface area (Å²) >= 11 is 0. The molecule has 0 aliphatic carbocycles. The number of ketones is 1. The average Bonchev–Trinajstić information content (AvgIpc) is 2.91. The third-order valence-electron chi connectivity index (χ3n) is 6.45. The number of benzene rings is 2. The van der Waals surface area contributed by atoms with Gasteiger partial charge in [0.25, 0.3) is 5.91 Å². The van der Waals surface area contributed by atoms with Gasteiger partial charge >= 0.3 is 0 Å². The number of nitrogens with one attached hydrogen (secondary N) is 1. The van der Waals surface area contributed by atoms with E-state index in [1.54, 1.807) is 37.4 Å². The summed E-state index contributed by atoms with van der Waals surface area (Å²) in [7, 11) is 8.14. The lowest BCUT2D eigenvalue weighted by molar-refractivity contribution is 0.0975. The van der Waals surface area contributed by atoms with E-state index >= 15 is 0 Å². The van der Waals surface area contributed by atoms with Crippen LogP contribution in [0.4, 0.5) is 5.69 Å². The quantitative estimate of drug-likeness (QED) is 0.350. The first-order chi connectivity index (χ1) is 17.4. The molecule has 9 heteroatoms. The number of nitrogens with zero attached hydrogens (tertiary/aromatic N) is 2. The monoisotopic (exact) mass is 499 g/mol. The van der Waals surface area contributed by atoms with E-state index in [1.165, 1.54) is 21.3 Å². The standard InChI is InChI=1S/C27H37N3O6/c1-29-14-16-30(17-15-29)13-7-6-8-22(31)21-18-23(34-3)25(35-4)26(36-5)24(21)28-27(32)19-9-11-20(33-2)12-10-19/h9-12,18H,6-8,13-17H2,1-5H3,(H,28,32). The molecule has 1 heterocycles. The number of hydrogen-bond donors (Lipinski definition) is 1. The normalized spacial score (nSPS) is 14.2. The molecule has 1 aliphatic heterocycles. The van der Waals surface area contributed by atoms with Crippen LogP contribution < -0.4 is 24.3 Å². The molecule has 0 saturated carbocycles. The van der Waals surface area contributed by atoms with Crippen molar-refractivity contribution in [3.63, 3.8) is 0 Å². The second-order valence-corrected chi connectivity index (χ2v) is 8.78. The van der Waals surface area contributed by atoms with Gasteiger partial charge in [0, 0.05) is 43.7 Å². The molecule has 2 aromatic rings. The summed E-state index contributed by atoms with van der Waals surface area (Å²) in [5.41, 5.74) is 1.00. The van der Waals surface area contributed by atoms with Gasteiger partial charge in [0.05, 0.1) is 34.1 Å². The first kappa shape index (κ1) is 27.3. The van der Waals surface area contributed by atoms with Crippen LogP contribution in [0.2, 0.25) is 0 Å². The Balaban J connectivity index is 1.79. The molecule has 1 aliphatic rings. The molecule has 1 saturated heterocycles. The number of likely N-dealkylation sites (N-methyl/N-ethyl adjacent to an activating group) is 1. The van der Waals surface area contributed by atoms with Crippen molar-refractivity contribution in [1.82, 2.24) is 9.80 Å². The molecule has 2 aromatic carbocycles. The molecular formula is C27H37N3O6. The molecule has 1 amide bonds. The first-order valence-corrected chi connectivity index (χ1v) is 12.1. The van der Waals surface area contributed by atoms with Crippen LogP contribution in [-0.4, -0.2) is 89.7 Å². The van der Waals surface area contributed by atoms with Crippen molar-refractivity contribution in [3.8, 4) is 23.0 Å². The predicted molar refractivity (Wildman–Crippen MR) is 139 cm³/mol. The number of hydrogen-bond acceptors (Lipinski definition) is 8. The van der Waals surface area contributed by atoms with E-state index in [1.807, 2.05) is 0 Å². The van der Waals surface area contributed by atoms with Crippen molar-refractivity contribution in [2.45, 2.75) is 19.3 Å². The molecule has 0 aromatic heterocycles. The van der Waals surface area contributed by atoms with Gasteiger partial charge in [0.15, 0.2) is 17.3 Å². The van der Waals surface area contributed by atoms with Gasteiger partial charge in [-0.05, 0) is 56.8 Å². The van der Waals surface area contributed by atoms with E-state index in [0.29, 0.717) is 34.8 Å². The van der Waals surface area contributed by atoms with E-state index in [2.05, 4.69) is 22.2 Å². The zero-order chi connectivity index (χ0) is 26.1. The summed E-state index contributed by atoms with van der Waals surface area (Å²) < 4.78 is 21.7. The molecule has 0 atom stereocenters. The number of methoxy groups -OCH3 is 4. The highest BCUT2D eigenvalue weighted by molar-refractivity contribution is 6.11. The van der Waals surface area contributed by atoms with Crippen LogP contribution in [0.15, 0.2) is 30.3 Å². The minimum absolute atomic E-state index is 0.0994. The van der Waals surface area contributed by atoms with Crippen molar-refractivity contribution < 1.29 is 28.5 Å². The lowest BCUT2D eigenvalue weighted by Crippen LogP contribution is -2.44. The average molecular weight is 500 g/mol. The van der Waals surface area contributed by atoms with Crippen LogP contribution in [0.1, 0.15) is 40.0 Å². The van der Waals surface area contributed by atoms with E-state index < -0.39 is 0 Å². The van der Waals surface area contributed by atoms with Crippen LogP contribution in [0, 0.1) is 0 Å². The maximum Gasteiger partial charge on any atom is 0.255 e.